The third kappa shape index (κ3) is 4.14. The second kappa shape index (κ2) is 7.56. The number of benzene rings is 1. The average Bonchev–Trinajstić information content (AvgIpc) is 2.49. The molecule has 0 aliphatic heterocycles. The van der Waals surface area contributed by atoms with Gasteiger partial charge in [0.1, 0.15) is 11.4 Å². The summed E-state index contributed by atoms with van der Waals surface area (Å²) >= 11 is 0. The first kappa shape index (κ1) is 15.2. The van der Waals surface area contributed by atoms with E-state index in [2.05, 4.69) is 10.3 Å². The third-order valence-corrected chi connectivity index (χ3v) is 2.93. The van der Waals surface area contributed by atoms with Gasteiger partial charge in [0, 0.05) is 19.0 Å². The quantitative estimate of drug-likeness (QED) is 0.724. The summed E-state index contributed by atoms with van der Waals surface area (Å²) in [5.41, 5.74) is 0.913. The van der Waals surface area contributed by atoms with Crippen LogP contribution in [0.2, 0.25) is 0 Å². The lowest BCUT2D eigenvalue weighted by atomic mass is 10.1. The molecule has 0 saturated heterocycles. The summed E-state index contributed by atoms with van der Waals surface area (Å²) in [6, 6.07) is 9.03. The van der Waals surface area contributed by atoms with Crippen LogP contribution in [0, 0.1) is 0 Å². The number of hydrogen-bond donors (Lipinski definition) is 2. The van der Waals surface area contributed by atoms with Crippen molar-refractivity contribution >= 4 is 22.7 Å². The van der Waals surface area contributed by atoms with Crippen LogP contribution in [0.3, 0.4) is 0 Å². The number of hydrogen-bond acceptors (Lipinski definition) is 5. The smallest absolute Gasteiger partial charge is 0.339 e. The highest BCUT2D eigenvalue weighted by Crippen LogP contribution is 2.20. The normalized spacial score (nSPS) is 10.7. The Morgan fingerprint density at radius 1 is 1.29 bits per heavy atom. The molecular weight excluding hydrogens is 272 g/mol. The van der Waals surface area contributed by atoms with Gasteiger partial charge in [-0.05, 0) is 12.1 Å². The Balaban J connectivity index is 2.06. The monoisotopic (exact) mass is 290 g/mol. The van der Waals surface area contributed by atoms with Crippen LogP contribution in [0.25, 0.3) is 10.9 Å². The van der Waals surface area contributed by atoms with Gasteiger partial charge in [0.15, 0.2) is 0 Å². The van der Waals surface area contributed by atoms with Crippen LogP contribution in [0.15, 0.2) is 30.3 Å². The molecule has 0 aliphatic carbocycles. The van der Waals surface area contributed by atoms with Crippen LogP contribution in [-0.2, 0) is 9.47 Å². The number of para-hydroxylation sites is 1. The summed E-state index contributed by atoms with van der Waals surface area (Å²) in [7, 11) is 1.61. The molecule has 112 valence electrons. The molecule has 2 rings (SSSR count). The molecule has 2 N–H and O–H groups in total. The Bertz CT molecular complexity index is 616. The number of aromatic carboxylic acids is 1. The van der Waals surface area contributed by atoms with Crippen LogP contribution in [0.4, 0.5) is 5.82 Å². The molecule has 1 heterocycles. The lowest BCUT2D eigenvalue weighted by Gasteiger charge is -2.10. The van der Waals surface area contributed by atoms with Crippen molar-refractivity contribution in [2.45, 2.75) is 0 Å². The highest BCUT2D eigenvalue weighted by Gasteiger charge is 2.12. The number of nitrogens with one attached hydrogen (secondary N) is 1. The van der Waals surface area contributed by atoms with E-state index in [0.717, 1.165) is 10.9 Å². The van der Waals surface area contributed by atoms with E-state index < -0.39 is 5.97 Å². The Labute approximate surface area is 122 Å². The molecule has 6 heteroatoms. The summed E-state index contributed by atoms with van der Waals surface area (Å²) in [4.78, 5) is 15.7. The first-order chi connectivity index (χ1) is 10.2. The van der Waals surface area contributed by atoms with Crippen molar-refractivity contribution < 1.29 is 19.4 Å². The van der Waals surface area contributed by atoms with Crippen molar-refractivity contribution in [3.63, 3.8) is 0 Å². The average molecular weight is 290 g/mol. The number of carbonyl (C=O) groups is 1. The van der Waals surface area contributed by atoms with Crippen molar-refractivity contribution in [2.75, 3.05) is 38.8 Å². The summed E-state index contributed by atoms with van der Waals surface area (Å²) in [5, 5.41) is 13.1. The third-order valence-electron chi connectivity index (χ3n) is 2.93. The largest absolute Gasteiger partial charge is 0.478 e. The van der Waals surface area contributed by atoms with Gasteiger partial charge >= 0.3 is 5.97 Å². The predicted molar refractivity (Wildman–Crippen MR) is 79.9 cm³/mol. The fraction of sp³-hybridized carbons (Fsp3) is 0.333. The first-order valence-electron chi connectivity index (χ1n) is 6.66. The van der Waals surface area contributed by atoms with Gasteiger partial charge in [-0.2, -0.15) is 0 Å². The number of ether oxygens (including phenoxy) is 2. The molecule has 0 fully saturated rings. The Morgan fingerprint density at radius 2 is 2.10 bits per heavy atom. The molecule has 0 aliphatic rings. The van der Waals surface area contributed by atoms with Crippen LogP contribution in [0.1, 0.15) is 10.4 Å². The van der Waals surface area contributed by atoms with E-state index in [1.54, 1.807) is 13.2 Å². The molecule has 0 spiro atoms. The first-order valence-corrected chi connectivity index (χ1v) is 6.66. The molecule has 0 saturated carbocycles. The lowest BCUT2D eigenvalue weighted by Crippen LogP contribution is -2.15. The SMILES string of the molecule is COCCOCCNc1nc2ccccc2cc1C(=O)O. The van der Waals surface area contributed by atoms with Crippen molar-refractivity contribution in [1.82, 2.24) is 4.98 Å². The molecule has 0 radical (unpaired) electrons. The molecule has 0 amide bonds. The number of carboxylic acids is 1. The van der Waals surface area contributed by atoms with Crippen molar-refractivity contribution in [1.29, 1.82) is 0 Å². The fourth-order valence-corrected chi connectivity index (χ4v) is 1.90. The van der Waals surface area contributed by atoms with Gasteiger partial charge < -0.3 is 19.9 Å². The second-order valence-corrected chi connectivity index (χ2v) is 4.41. The molecule has 21 heavy (non-hydrogen) atoms. The maximum atomic E-state index is 11.3. The van der Waals surface area contributed by atoms with Gasteiger partial charge in [0.25, 0.3) is 0 Å². The highest BCUT2D eigenvalue weighted by molar-refractivity contribution is 5.98. The number of pyridine rings is 1. The van der Waals surface area contributed by atoms with Crippen molar-refractivity contribution in [3.8, 4) is 0 Å². The minimum atomic E-state index is -1.00. The summed E-state index contributed by atoms with van der Waals surface area (Å²) in [5.74, 6) is -0.646. The Hall–Kier alpha value is -2.18. The maximum absolute atomic E-state index is 11.3. The van der Waals surface area contributed by atoms with Gasteiger partial charge in [0.05, 0.1) is 25.3 Å². The van der Waals surface area contributed by atoms with Crippen molar-refractivity contribution in [2.24, 2.45) is 0 Å². The molecule has 1 aromatic heterocycles. The predicted octanol–water partition coefficient (Wildman–Crippen LogP) is 2.01. The van der Waals surface area contributed by atoms with E-state index in [4.69, 9.17) is 9.47 Å². The number of aromatic nitrogens is 1. The Morgan fingerprint density at radius 3 is 2.86 bits per heavy atom. The zero-order valence-corrected chi connectivity index (χ0v) is 11.8. The molecule has 0 atom stereocenters. The number of methoxy groups -OCH3 is 1. The summed E-state index contributed by atoms with van der Waals surface area (Å²) in [6.45, 7) is 1.98. The highest BCUT2D eigenvalue weighted by atomic mass is 16.5. The zero-order chi connectivity index (χ0) is 15.1. The summed E-state index contributed by atoms with van der Waals surface area (Å²) < 4.78 is 10.2. The molecule has 6 nitrogen and oxygen atoms in total. The van der Waals surface area contributed by atoms with E-state index in [-0.39, 0.29) is 5.56 Å². The van der Waals surface area contributed by atoms with Crippen LogP contribution < -0.4 is 5.32 Å². The standard InChI is InChI=1S/C15H18N2O4/c1-20-8-9-21-7-6-16-14-12(15(18)19)10-11-4-2-3-5-13(11)17-14/h2-5,10H,6-9H2,1H3,(H,16,17)(H,18,19). The number of carboxylic acid groups (broad SMARTS) is 1. The minimum absolute atomic E-state index is 0.158. The fourth-order valence-electron chi connectivity index (χ4n) is 1.90. The van der Waals surface area contributed by atoms with Gasteiger partial charge in [-0.25, -0.2) is 9.78 Å². The minimum Gasteiger partial charge on any atom is -0.478 e. The van der Waals surface area contributed by atoms with Crippen LogP contribution >= 0.6 is 0 Å². The lowest BCUT2D eigenvalue weighted by molar-refractivity contribution is 0.0697. The van der Waals surface area contributed by atoms with E-state index in [1.165, 1.54) is 0 Å². The van der Waals surface area contributed by atoms with Gasteiger partial charge in [-0.15, -0.1) is 0 Å². The van der Waals surface area contributed by atoms with Crippen LogP contribution in [-0.4, -0.2) is 49.5 Å². The molecule has 0 bridgehead atoms. The van der Waals surface area contributed by atoms with Gasteiger partial charge in [0.2, 0.25) is 0 Å². The molecule has 1 aromatic carbocycles. The van der Waals surface area contributed by atoms with E-state index in [1.807, 2.05) is 24.3 Å². The zero-order valence-electron chi connectivity index (χ0n) is 11.8. The second-order valence-electron chi connectivity index (χ2n) is 4.41. The van der Waals surface area contributed by atoms with Crippen molar-refractivity contribution in [3.05, 3.63) is 35.9 Å². The molecule has 2 aromatic rings. The van der Waals surface area contributed by atoms with E-state index in [9.17, 15) is 9.90 Å². The molecule has 0 unspecified atom stereocenters. The number of fused-ring (bicyclic) bond motifs is 1. The number of anilines is 1. The number of rotatable bonds is 8. The maximum Gasteiger partial charge on any atom is 0.339 e. The van der Waals surface area contributed by atoms with E-state index in [0.29, 0.717) is 32.2 Å². The molecular formula is C15H18N2O4. The van der Waals surface area contributed by atoms with Crippen LogP contribution in [0.5, 0.6) is 0 Å². The van der Waals surface area contributed by atoms with Gasteiger partial charge in [-0.3, -0.25) is 0 Å². The topological polar surface area (TPSA) is 80.7 Å². The Kier molecular flexibility index (Phi) is 5.48. The van der Waals surface area contributed by atoms with Gasteiger partial charge in [-0.1, -0.05) is 18.2 Å². The van der Waals surface area contributed by atoms with E-state index >= 15 is 0 Å². The summed E-state index contributed by atoms with van der Waals surface area (Å²) in [6.07, 6.45) is 0. The number of nitrogens with zero attached hydrogens (tertiary/aromatic N) is 1.